The molecule has 0 aliphatic heterocycles. The number of carbonyl (C=O) groups is 1. The molecule has 96 valence electrons. The first-order valence-corrected chi connectivity index (χ1v) is 6.80. The number of carbonyl (C=O) groups excluding carboxylic acids is 1. The molecule has 0 aliphatic carbocycles. The van der Waals surface area contributed by atoms with Gasteiger partial charge in [-0.1, -0.05) is 0 Å². The molecule has 1 amide bonds. The van der Waals surface area contributed by atoms with Crippen molar-refractivity contribution in [2.24, 2.45) is 0 Å². The van der Waals surface area contributed by atoms with Crippen LogP contribution in [0.5, 0.6) is 0 Å². The summed E-state index contributed by atoms with van der Waals surface area (Å²) in [5.74, 6) is -0.0802. The predicted molar refractivity (Wildman–Crippen MR) is 73.3 cm³/mol. The summed E-state index contributed by atoms with van der Waals surface area (Å²) in [6.07, 6.45) is 7.92. The number of thiazole rings is 1. The number of hydrogen-bond donors (Lipinski definition) is 1. The number of nitrogens with zero attached hydrogens (tertiary/aromatic N) is 3. The first-order chi connectivity index (χ1) is 9.33. The molecule has 3 rings (SSSR count). The van der Waals surface area contributed by atoms with E-state index in [0.29, 0.717) is 12.1 Å². The fourth-order valence-corrected chi connectivity index (χ4v) is 2.52. The van der Waals surface area contributed by atoms with Crippen molar-refractivity contribution in [3.05, 3.63) is 53.6 Å². The molecule has 0 saturated carbocycles. The van der Waals surface area contributed by atoms with E-state index in [0.717, 1.165) is 17.1 Å². The van der Waals surface area contributed by atoms with Gasteiger partial charge in [0.15, 0.2) is 4.96 Å². The SMILES string of the molecule is O=C(NCCc1cn2ccsc2n1)c1ccncc1. The molecule has 3 aromatic heterocycles. The average Bonchev–Trinajstić information content (AvgIpc) is 3.00. The quantitative estimate of drug-likeness (QED) is 0.787. The van der Waals surface area contributed by atoms with Crippen LogP contribution in [0.15, 0.2) is 42.3 Å². The highest BCUT2D eigenvalue weighted by molar-refractivity contribution is 7.15. The monoisotopic (exact) mass is 272 g/mol. The van der Waals surface area contributed by atoms with Gasteiger partial charge < -0.3 is 5.32 Å². The first-order valence-electron chi connectivity index (χ1n) is 5.92. The molecule has 19 heavy (non-hydrogen) atoms. The van der Waals surface area contributed by atoms with Crippen LogP contribution in [0.4, 0.5) is 0 Å². The fraction of sp³-hybridized carbons (Fsp3) is 0.154. The molecule has 0 radical (unpaired) electrons. The van der Waals surface area contributed by atoms with Gasteiger partial charge in [0, 0.05) is 48.7 Å². The number of amides is 1. The minimum absolute atomic E-state index is 0.0802. The molecule has 5 nitrogen and oxygen atoms in total. The van der Waals surface area contributed by atoms with E-state index in [1.807, 2.05) is 22.2 Å². The Kier molecular flexibility index (Phi) is 3.24. The maximum Gasteiger partial charge on any atom is 0.251 e. The third-order valence-electron chi connectivity index (χ3n) is 2.75. The van der Waals surface area contributed by atoms with Crippen molar-refractivity contribution in [3.8, 4) is 0 Å². The Balaban J connectivity index is 1.56. The van der Waals surface area contributed by atoms with Gasteiger partial charge in [0.1, 0.15) is 0 Å². The van der Waals surface area contributed by atoms with E-state index in [2.05, 4.69) is 15.3 Å². The third kappa shape index (κ3) is 2.63. The average molecular weight is 272 g/mol. The Bertz CT molecular complexity index is 660. The first kappa shape index (κ1) is 11.9. The van der Waals surface area contributed by atoms with Crippen molar-refractivity contribution in [3.63, 3.8) is 0 Å². The molecule has 0 atom stereocenters. The summed E-state index contributed by atoms with van der Waals surface area (Å²) in [7, 11) is 0. The van der Waals surface area contributed by atoms with Crippen molar-refractivity contribution in [2.45, 2.75) is 6.42 Å². The van der Waals surface area contributed by atoms with E-state index in [-0.39, 0.29) is 5.91 Å². The number of rotatable bonds is 4. The summed E-state index contributed by atoms with van der Waals surface area (Å²) >= 11 is 1.60. The van der Waals surface area contributed by atoms with Crippen LogP contribution in [0.25, 0.3) is 4.96 Å². The Morgan fingerprint density at radius 2 is 2.21 bits per heavy atom. The van der Waals surface area contributed by atoms with Gasteiger partial charge in [-0.15, -0.1) is 11.3 Å². The zero-order valence-corrected chi connectivity index (χ0v) is 10.9. The Morgan fingerprint density at radius 1 is 1.37 bits per heavy atom. The highest BCUT2D eigenvalue weighted by Gasteiger charge is 2.05. The molecule has 3 heterocycles. The van der Waals surface area contributed by atoms with E-state index < -0.39 is 0 Å². The van der Waals surface area contributed by atoms with Crippen molar-refractivity contribution >= 4 is 22.2 Å². The Morgan fingerprint density at radius 3 is 3.00 bits per heavy atom. The molecule has 0 unspecified atom stereocenters. The third-order valence-corrected chi connectivity index (χ3v) is 3.52. The van der Waals surface area contributed by atoms with Crippen molar-refractivity contribution < 1.29 is 4.79 Å². The van der Waals surface area contributed by atoms with Gasteiger partial charge in [-0.2, -0.15) is 0 Å². The standard InChI is InChI=1S/C13H12N4OS/c18-12(10-1-4-14-5-2-10)15-6-3-11-9-17-7-8-19-13(17)16-11/h1-2,4-5,7-9H,3,6H2,(H,15,18). The molecule has 0 aliphatic rings. The minimum atomic E-state index is -0.0802. The van der Waals surface area contributed by atoms with Crippen LogP contribution < -0.4 is 5.32 Å². The lowest BCUT2D eigenvalue weighted by molar-refractivity contribution is 0.0954. The van der Waals surface area contributed by atoms with Crippen LogP contribution in [0, 0.1) is 0 Å². The summed E-state index contributed by atoms with van der Waals surface area (Å²) in [5.41, 5.74) is 1.61. The maximum atomic E-state index is 11.8. The van der Waals surface area contributed by atoms with Gasteiger partial charge in [-0.05, 0) is 12.1 Å². The molecule has 0 spiro atoms. The zero-order chi connectivity index (χ0) is 13.1. The van der Waals surface area contributed by atoms with Crippen molar-refractivity contribution in [1.29, 1.82) is 0 Å². The van der Waals surface area contributed by atoms with Crippen LogP contribution in [0.3, 0.4) is 0 Å². The highest BCUT2D eigenvalue weighted by Crippen LogP contribution is 2.11. The molecular weight excluding hydrogens is 260 g/mol. The summed E-state index contributed by atoms with van der Waals surface area (Å²) in [5, 5.41) is 4.87. The Labute approximate surface area is 113 Å². The minimum Gasteiger partial charge on any atom is -0.352 e. The van der Waals surface area contributed by atoms with Crippen LogP contribution in [-0.2, 0) is 6.42 Å². The fourth-order valence-electron chi connectivity index (χ4n) is 1.81. The molecule has 0 aromatic carbocycles. The maximum absolute atomic E-state index is 11.8. The largest absolute Gasteiger partial charge is 0.352 e. The number of imidazole rings is 1. The second-order valence-electron chi connectivity index (χ2n) is 4.07. The lowest BCUT2D eigenvalue weighted by Gasteiger charge is -2.03. The number of hydrogen-bond acceptors (Lipinski definition) is 4. The van der Waals surface area contributed by atoms with E-state index in [1.54, 1.807) is 35.9 Å². The van der Waals surface area contributed by atoms with Gasteiger partial charge in [0.25, 0.3) is 5.91 Å². The molecule has 0 saturated heterocycles. The lowest BCUT2D eigenvalue weighted by atomic mass is 10.2. The van der Waals surface area contributed by atoms with Gasteiger partial charge in [-0.3, -0.25) is 14.2 Å². The van der Waals surface area contributed by atoms with Gasteiger partial charge in [-0.25, -0.2) is 4.98 Å². The van der Waals surface area contributed by atoms with E-state index in [1.165, 1.54) is 0 Å². The van der Waals surface area contributed by atoms with Crippen LogP contribution >= 0.6 is 11.3 Å². The number of aromatic nitrogens is 3. The number of fused-ring (bicyclic) bond motifs is 1. The molecule has 0 bridgehead atoms. The van der Waals surface area contributed by atoms with Crippen molar-refractivity contribution in [2.75, 3.05) is 6.54 Å². The summed E-state index contributed by atoms with van der Waals surface area (Å²) < 4.78 is 1.99. The van der Waals surface area contributed by atoms with Gasteiger partial charge in [0.05, 0.1) is 5.69 Å². The number of pyridine rings is 1. The second kappa shape index (κ2) is 5.19. The van der Waals surface area contributed by atoms with Crippen molar-refractivity contribution in [1.82, 2.24) is 19.7 Å². The van der Waals surface area contributed by atoms with Crippen LogP contribution in [0.2, 0.25) is 0 Å². The molecular formula is C13H12N4OS. The topological polar surface area (TPSA) is 59.3 Å². The normalized spacial score (nSPS) is 10.7. The van der Waals surface area contributed by atoms with Gasteiger partial charge >= 0.3 is 0 Å². The Hall–Kier alpha value is -2.21. The summed E-state index contributed by atoms with van der Waals surface area (Å²) in [6, 6.07) is 3.39. The van der Waals surface area contributed by atoms with E-state index in [4.69, 9.17) is 0 Å². The predicted octanol–water partition coefficient (Wildman–Crippen LogP) is 1.76. The highest BCUT2D eigenvalue weighted by atomic mass is 32.1. The molecule has 1 N–H and O–H groups in total. The summed E-state index contributed by atoms with van der Waals surface area (Å²) in [6.45, 7) is 0.575. The zero-order valence-electron chi connectivity index (χ0n) is 10.1. The molecule has 0 fully saturated rings. The van der Waals surface area contributed by atoms with E-state index in [9.17, 15) is 4.79 Å². The molecule has 6 heteroatoms. The lowest BCUT2D eigenvalue weighted by Crippen LogP contribution is -2.25. The molecule has 3 aromatic rings. The van der Waals surface area contributed by atoms with E-state index >= 15 is 0 Å². The number of nitrogens with one attached hydrogen (secondary N) is 1. The van der Waals surface area contributed by atoms with Crippen LogP contribution in [0.1, 0.15) is 16.1 Å². The summed E-state index contributed by atoms with van der Waals surface area (Å²) in [4.78, 5) is 21.1. The smallest absolute Gasteiger partial charge is 0.251 e. The van der Waals surface area contributed by atoms with Gasteiger partial charge in [0.2, 0.25) is 0 Å². The second-order valence-corrected chi connectivity index (χ2v) is 4.94. The van der Waals surface area contributed by atoms with Crippen LogP contribution in [-0.4, -0.2) is 26.8 Å².